The quantitative estimate of drug-likeness (QED) is 0.443. The van der Waals surface area contributed by atoms with Crippen LogP contribution in [0.3, 0.4) is 0 Å². The molecule has 0 amide bonds. The summed E-state index contributed by atoms with van der Waals surface area (Å²) in [4.78, 5) is 12.8. The van der Waals surface area contributed by atoms with Crippen LogP contribution in [-0.2, 0) is 4.79 Å². The Kier molecular flexibility index (Phi) is 6.10. The molecule has 0 aromatic rings. The van der Waals surface area contributed by atoms with Crippen molar-refractivity contribution < 1.29 is 15.0 Å². The number of carbonyl (C=O) groups excluding carboxylic acids is 1. The van der Waals surface area contributed by atoms with Crippen LogP contribution in [0.15, 0.2) is 11.1 Å². The van der Waals surface area contributed by atoms with E-state index in [-0.39, 0.29) is 33.7 Å². The fraction of sp³-hybridized carbons (Fsp3) is 0.900. The third-order valence-electron chi connectivity index (χ3n) is 11.9. The lowest BCUT2D eigenvalue weighted by Gasteiger charge is -2.61. The fourth-order valence-electron chi connectivity index (χ4n) is 9.40. The number of carbonyl (C=O) groups is 1. The largest absolute Gasteiger partial charge is 0.393 e. The summed E-state index contributed by atoms with van der Waals surface area (Å²) in [5.41, 5.74) is 3.12. The van der Waals surface area contributed by atoms with E-state index in [1.165, 1.54) is 25.7 Å². The molecule has 0 spiro atoms. The number of hydrogen-bond donors (Lipinski definition) is 2. The maximum atomic E-state index is 12.8. The van der Waals surface area contributed by atoms with Crippen molar-refractivity contribution in [3.63, 3.8) is 0 Å². The Labute approximate surface area is 202 Å². The van der Waals surface area contributed by atoms with Gasteiger partial charge in [0.25, 0.3) is 0 Å². The smallest absolute Gasteiger partial charge is 0.138 e. The number of aliphatic hydroxyl groups is 2. The lowest BCUT2D eigenvalue weighted by Crippen LogP contribution is -2.54. The Morgan fingerprint density at radius 1 is 0.970 bits per heavy atom. The molecule has 4 aliphatic carbocycles. The fourth-order valence-corrected chi connectivity index (χ4v) is 9.40. The van der Waals surface area contributed by atoms with Crippen LogP contribution in [-0.4, -0.2) is 27.7 Å². The minimum absolute atomic E-state index is 0.172. The standard InChI is InChI=1S/C30H50O3/c1-19(23(31)13-15-26(2,3)33)20-11-17-30(8)22-9-10-24-27(4,5)25(32)14-16-28(24,6)21(22)12-18-29(20,30)7/h19-20,23-24,31,33H,9-18H2,1-8H3/t19-,20+,23?,24?,28+,29+,30-/m0/s1. The van der Waals surface area contributed by atoms with Gasteiger partial charge in [-0.15, -0.1) is 0 Å². The zero-order chi connectivity index (χ0) is 24.6. The van der Waals surface area contributed by atoms with Crippen LogP contribution in [0.4, 0.5) is 0 Å². The first-order chi connectivity index (χ1) is 15.1. The van der Waals surface area contributed by atoms with Crippen molar-refractivity contribution >= 4 is 5.78 Å². The minimum Gasteiger partial charge on any atom is -0.393 e. The number of ketones is 1. The van der Waals surface area contributed by atoms with Gasteiger partial charge in [-0.25, -0.2) is 0 Å². The van der Waals surface area contributed by atoms with Crippen molar-refractivity contribution in [3.8, 4) is 0 Å². The molecule has 4 aliphatic rings. The van der Waals surface area contributed by atoms with E-state index < -0.39 is 5.60 Å². The molecular weight excluding hydrogens is 408 g/mol. The highest BCUT2D eigenvalue weighted by Crippen LogP contribution is 2.72. The van der Waals surface area contributed by atoms with Crippen molar-refractivity contribution in [1.82, 2.24) is 0 Å². The molecule has 0 radical (unpaired) electrons. The Hall–Kier alpha value is -0.670. The summed E-state index contributed by atoms with van der Waals surface area (Å²) in [7, 11) is 0. The van der Waals surface area contributed by atoms with Crippen molar-refractivity contribution in [2.24, 2.45) is 39.4 Å². The summed E-state index contributed by atoms with van der Waals surface area (Å²) >= 11 is 0. The second-order valence-electron chi connectivity index (χ2n) is 14.3. The number of allylic oxidation sites excluding steroid dienone is 2. The van der Waals surface area contributed by atoms with Gasteiger partial charge in [-0.1, -0.05) is 52.7 Å². The first-order valence-electron chi connectivity index (χ1n) is 13.7. The van der Waals surface area contributed by atoms with E-state index in [2.05, 4.69) is 41.5 Å². The molecule has 0 bridgehead atoms. The molecule has 2 unspecified atom stereocenters. The second kappa shape index (κ2) is 7.92. The maximum Gasteiger partial charge on any atom is 0.138 e. The van der Waals surface area contributed by atoms with Gasteiger partial charge in [0.15, 0.2) is 0 Å². The highest BCUT2D eigenvalue weighted by Gasteiger charge is 2.63. The molecule has 2 fully saturated rings. The van der Waals surface area contributed by atoms with E-state index in [1.807, 2.05) is 13.8 Å². The van der Waals surface area contributed by atoms with Gasteiger partial charge in [-0.3, -0.25) is 4.79 Å². The Morgan fingerprint density at radius 2 is 1.64 bits per heavy atom. The molecule has 7 atom stereocenters. The van der Waals surface area contributed by atoms with Crippen molar-refractivity contribution in [2.75, 3.05) is 0 Å². The lowest BCUT2D eigenvalue weighted by molar-refractivity contribution is -0.139. The Balaban J connectivity index is 1.63. The maximum absolute atomic E-state index is 12.8. The van der Waals surface area contributed by atoms with Gasteiger partial charge >= 0.3 is 0 Å². The molecule has 3 heteroatoms. The molecule has 0 aliphatic heterocycles. The molecule has 0 aromatic heterocycles. The predicted molar refractivity (Wildman–Crippen MR) is 135 cm³/mol. The SMILES string of the molecule is C[C@H](C(O)CCC(C)(C)O)[C@H]1CC[C@@]2(C)C3=C(CC[C@]12C)[C@@]1(C)CCC(=O)C(C)(C)C1CC3. The van der Waals surface area contributed by atoms with E-state index >= 15 is 0 Å². The number of Topliss-reactive ketones (excluding diaryl/α,β-unsaturated/α-hetero) is 1. The highest BCUT2D eigenvalue weighted by molar-refractivity contribution is 5.85. The van der Waals surface area contributed by atoms with E-state index in [0.29, 0.717) is 30.5 Å². The molecule has 3 nitrogen and oxygen atoms in total. The molecular formula is C30H50O3. The summed E-state index contributed by atoms with van der Waals surface area (Å²) < 4.78 is 0. The summed E-state index contributed by atoms with van der Waals surface area (Å²) in [6.07, 6.45) is 9.80. The third-order valence-corrected chi connectivity index (χ3v) is 11.9. The average Bonchev–Trinajstić information content (AvgIpc) is 3.00. The van der Waals surface area contributed by atoms with Crippen LogP contribution in [0.25, 0.3) is 0 Å². The van der Waals surface area contributed by atoms with Crippen LogP contribution in [0.1, 0.15) is 120 Å². The summed E-state index contributed by atoms with van der Waals surface area (Å²) in [5, 5.41) is 21.2. The molecule has 188 valence electrons. The zero-order valence-corrected chi connectivity index (χ0v) is 22.7. The number of aliphatic hydroxyl groups excluding tert-OH is 1. The Morgan fingerprint density at radius 3 is 2.27 bits per heavy atom. The van der Waals surface area contributed by atoms with Crippen LogP contribution in [0.5, 0.6) is 0 Å². The van der Waals surface area contributed by atoms with E-state index in [9.17, 15) is 15.0 Å². The molecule has 2 saturated carbocycles. The minimum atomic E-state index is -0.720. The van der Waals surface area contributed by atoms with Crippen molar-refractivity contribution in [1.29, 1.82) is 0 Å². The predicted octanol–water partition coefficient (Wildman–Crippen LogP) is 6.85. The van der Waals surface area contributed by atoms with Gasteiger partial charge in [0.1, 0.15) is 5.78 Å². The monoisotopic (exact) mass is 458 g/mol. The van der Waals surface area contributed by atoms with Gasteiger partial charge < -0.3 is 10.2 Å². The van der Waals surface area contributed by atoms with Gasteiger partial charge in [0.2, 0.25) is 0 Å². The van der Waals surface area contributed by atoms with Crippen LogP contribution in [0.2, 0.25) is 0 Å². The molecule has 4 rings (SSSR count). The van der Waals surface area contributed by atoms with Gasteiger partial charge in [0.05, 0.1) is 11.7 Å². The van der Waals surface area contributed by atoms with Gasteiger partial charge in [0, 0.05) is 11.8 Å². The second-order valence-corrected chi connectivity index (χ2v) is 14.3. The molecule has 0 aromatic carbocycles. The third kappa shape index (κ3) is 3.70. The zero-order valence-electron chi connectivity index (χ0n) is 22.7. The molecule has 0 saturated heterocycles. The number of fused-ring (bicyclic) bond motifs is 4. The highest BCUT2D eigenvalue weighted by atomic mass is 16.3. The summed E-state index contributed by atoms with van der Waals surface area (Å²) in [6.45, 7) is 17.9. The first-order valence-corrected chi connectivity index (χ1v) is 13.7. The summed E-state index contributed by atoms with van der Waals surface area (Å²) in [6, 6.07) is 0. The van der Waals surface area contributed by atoms with Gasteiger partial charge in [-0.05, 0) is 106 Å². The van der Waals surface area contributed by atoms with E-state index in [4.69, 9.17) is 0 Å². The van der Waals surface area contributed by atoms with E-state index in [1.54, 1.807) is 11.1 Å². The van der Waals surface area contributed by atoms with Crippen LogP contribution >= 0.6 is 0 Å². The van der Waals surface area contributed by atoms with E-state index in [0.717, 1.165) is 25.7 Å². The lowest BCUT2D eigenvalue weighted by atomic mass is 9.43. The normalized spacial score (nSPS) is 42.4. The van der Waals surface area contributed by atoms with Crippen LogP contribution < -0.4 is 0 Å². The topological polar surface area (TPSA) is 57.5 Å². The first kappa shape index (κ1) is 25.4. The number of hydrogen-bond acceptors (Lipinski definition) is 3. The average molecular weight is 459 g/mol. The number of rotatable bonds is 5. The van der Waals surface area contributed by atoms with Gasteiger partial charge in [-0.2, -0.15) is 0 Å². The molecule has 0 heterocycles. The molecule has 33 heavy (non-hydrogen) atoms. The molecule has 2 N–H and O–H groups in total. The Bertz CT molecular complexity index is 832. The summed E-state index contributed by atoms with van der Waals surface area (Å²) in [5.74, 6) is 1.70. The van der Waals surface area contributed by atoms with Crippen molar-refractivity contribution in [3.05, 3.63) is 11.1 Å². The van der Waals surface area contributed by atoms with Crippen LogP contribution in [0, 0.1) is 39.4 Å². The van der Waals surface area contributed by atoms with Crippen molar-refractivity contribution in [2.45, 2.75) is 131 Å².